The third kappa shape index (κ3) is 3.96. The van der Waals surface area contributed by atoms with E-state index in [0.29, 0.717) is 5.69 Å². The second kappa shape index (κ2) is 5.32. The molecule has 1 heterocycles. The van der Waals surface area contributed by atoms with Crippen LogP contribution in [0.5, 0.6) is 5.88 Å². The predicted octanol–water partition coefficient (Wildman–Crippen LogP) is 3.43. The standard InChI is InChI=1S/C17H26N2O2/c1-11-6-7-13(14(20)18-11)15(21)19-12-8-16(2,3)10-17(4,5)9-12/h6-7,12H,8-10H2,1-5H3,(H,18,20)(H,19,21). The van der Waals surface area contributed by atoms with Gasteiger partial charge in [-0.15, -0.1) is 0 Å². The molecule has 116 valence electrons. The van der Waals surface area contributed by atoms with Crippen molar-refractivity contribution >= 4 is 5.91 Å². The Bertz CT molecular complexity index is 534. The number of pyridine rings is 1. The van der Waals surface area contributed by atoms with Gasteiger partial charge in [-0.3, -0.25) is 4.79 Å². The zero-order chi connectivity index (χ0) is 15.8. The van der Waals surface area contributed by atoms with Gasteiger partial charge in [-0.1, -0.05) is 27.7 Å². The maximum atomic E-state index is 12.4. The summed E-state index contributed by atoms with van der Waals surface area (Å²) in [6.07, 6.45) is 3.08. The first-order valence-corrected chi connectivity index (χ1v) is 7.56. The van der Waals surface area contributed by atoms with E-state index in [9.17, 15) is 9.90 Å². The van der Waals surface area contributed by atoms with Crippen molar-refractivity contribution in [2.75, 3.05) is 0 Å². The van der Waals surface area contributed by atoms with Gasteiger partial charge in [0.25, 0.3) is 5.91 Å². The minimum absolute atomic E-state index is 0.136. The Balaban J connectivity index is 2.12. The van der Waals surface area contributed by atoms with Crippen LogP contribution >= 0.6 is 0 Å². The molecule has 0 bridgehead atoms. The van der Waals surface area contributed by atoms with Gasteiger partial charge in [-0.05, 0) is 49.1 Å². The van der Waals surface area contributed by atoms with Crippen LogP contribution in [0, 0.1) is 17.8 Å². The zero-order valence-electron chi connectivity index (χ0n) is 13.7. The summed E-state index contributed by atoms with van der Waals surface area (Å²) in [5.74, 6) is -0.430. The quantitative estimate of drug-likeness (QED) is 0.877. The number of aromatic hydroxyl groups is 1. The molecule has 0 spiro atoms. The average molecular weight is 290 g/mol. The van der Waals surface area contributed by atoms with Gasteiger partial charge in [0.15, 0.2) is 0 Å². The normalized spacial score (nSPS) is 21.0. The van der Waals surface area contributed by atoms with Crippen molar-refractivity contribution in [2.24, 2.45) is 10.8 Å². The SMILES string of the molecule is Cc1ccc(C(=O)NC2CC(C)(C)CC(C)(C)C2)c(O)n1. The van der Waals surface area contributed by atoms with E-state index in [4.69, 9.17) is 0 Å². The second-order valence-corrected chi connectivity index (χ2v) is 7.91. The highest BCUT2D eigenvalue weighted by atomic mass is 16.3. The number of hydrogen-bond donors (Lipinski definition) is 2. The van der Waals surface area contributed by atoms with Crippen molar-refractivity contribution in [3.63, 3.8) is 0 Å². The lowest BCUT2D eigenvalue weighted by Gasteiger charge is -2.45. The van der Waals surface area contributed by atoms with Gasteiger partial charge in [-0.25, -0.2) is 4.98 Å². The number of aryl methyl sites for hydroxylation is 1. The third-order valence-corrected chi connectivity index (χ3v) is 4.15. The molecule has 0 aliphatic heterocycles. The lowest BCUT2D eigenvalue weighted by molar-refractivity contribution is 0.0712. The van der Waals surface area contributed by atoms with Gasteiger partial charge in [0.05, 0.1) is 0 Å². The summed E-state index contributed by atoms with van der Waals surface area (Å²) in [4.78, 5) is 16.3. The summed E-state index contributed by atoms with van der Waals surface area (Å²) < 4.78 is 0. The third-order valence-electron chi connectivity index (χ3n) is 4.15. The number of nitrogens with zero attached hydrogens (tertiary/aromatic N) is 1. The Labute approximate surface area is 127 Å². The highest BCUT2D eigenvalue weighted by Gasteiger charge is 2.39. The molecule has 2 rings (SSSR count). The Morgan fingerprint density at radius 2 is 1.81 bits per heavy atom. The highest BCUT2D eigenvalue weighted by Crippen LogP contribution is 2.45. The van der Waals surface area contributed by atoms with Crippen LogP contribution in [0.25, 0.3) is 0 Å². The first kappa shape index (κ1) is 15.8. The molecule has 1 aliphatic carbocycles. The largest absolute Gasteiger partial charge is 0.493 e. The Morgan fingerprint density at radius 3 is 2.33 bits per heavy atom. The molecule has 1 fully saturated rings. The van der Waals surface area contributed by atoms with Crippen LogP contribution in [0.1, 0.15) is 63.0 Å². The average Bonchev–Trinajstić information content (AvgIpc) is 2.23. The van der Waals surface area contributed by atoms with Crippen LogP contribution < -0.4 is 5.32 Å². The predicted molar refractivity (Wildman–Crippen MR) is 83.3 cm³/mol. The van der Waals surface area contributed by atoms with Crippen molar-refractivity contribution < 1.29 is 9.90 Å². The lowest BCUT2D eigenvalue weighted by Crippen LogP contribution is -2.46. The summed E-state index contributed by atoms with van der Waals surface area (Å²) in [5, 5.41) is 12.9. The van der Waals surface area contributed by atoms with E-state index in [-0.39, 0.29) is 34.2 Å². The molecule has 4 nitrogen and oxygen atoms in total. The van der Waals surface area contributed by atoms with E-state index < -0.39 is 0 Å². The van der Waals surface area contributed by atoms with Gasteiger partial charge >= 0.3 is 0 Å². The van der Waals surface area contributed by atoms with Crippen molar-refractivity contribution in [3.05, 3.63) is 23.4 Å². The summed E-state index contributed by atoms with van der Waals surface area (Å²) >= 11 is 0. The number of rotatable bonds is 2. The van der Waals surface area contributed by atoms with Crippen LogP contribution in [0.2, 0.25) is 0 Å². The molecule has 1 aliphatic rings. The molecule has 1 amide bonds. The van der Waals surface area contributed by atoms with Gasteiger partial charge in [0, 0.05) is 11.7 Å². The van der Waals surface area contributed by atoms with Gasteiger partial charge < -0.3 is 10.4 Å². The topological polar surface area (TPSA) is 62.2 Å². The first-order chi connectivity index (χ1) is 9.58. The van der Waals surface area contributed by atoms with E-state index >= 15 is 0 Å². The van der Waals surface area contributed by atoms with E-state index in [1.165, 1.54) is 0 Å². The molecule has 0 radical (unpaired) electrons. The van der Waals surface area contributed by atoms with Crippen molar-refractivity contribution in [2.45, 2.75) is 59.9 Å². The summed E-state index contributed by atoms with van der Waals surface area (Å²) in [6.45, 7) is 10.8. The molecule has 1 saturated carbocycles. The van der Waals surface area contributed by atoms with Crippen molar-refractivity contribution in [1.29, 1.82) is 0 Å². The van der Waals surface area contributed by atoms with Gasteiger partial charge in [0.2, 0.25) is 5.88 Å². The zero-order valence-corrected chi connectivity index (χ0v) is 13.7. The summed E-state index contributed by atoms with van der Waals surface area (Å²) in [7, 11) is 0. The number of carbonyl (C=O) groups is 1. The van der Waals surface area contributed by atoms with Crippen LogP contribution in [-0.4, -0.2) is 22.0 Å². The van der Waals surface area contributed by atoms with E-state index in [1.807, 2.05) is 0 Å². The molecular weight excluding hydrogens is 264 g/mol. The van der Waals surface area contributed by atoms with Gasteiger partial charge in [-0.2, -0.15) is 0 Å². The van der Waals surface area contributed by atoms with Crippen LogP contribution in [0.4, 0.5) is 0 Å². The molecular formula is C17H26N2O2. The van der Waals surface area contributed by atoms with E-state index in [2.05, 4.69) is 38.0 Å². The molecule has 4 heteroatoms. The number of carbonyl (C=O) groups excluding carboxylic acids is 1. The minimum atomic E-state index is -0.237. The smallest absolute Gasteiger partial charge is 0.256 e. The number of amides is 1. The number of nitrogens with one attached hydrogen (secondary N) is 1. The minimum Gasteiger partial charge on any atom is -0.493 e. The second-order valence-electron chi connectivity index (χ2n) is 7.91. The van der Waals surface area contributed by atoms with Crippen molar-refractivity contribution in [1.82, 2.24) is 10.3 Å². The lowest BCUT2D eigenvalue weighted by atomic mass is 9.63. The number of hydrogen-bond acceptors (Lipinski definition) is 3. The monoisotopic (exact) mass is 290 g/mol. The Kier molecular flexibility index (Phi) is 4.00. The van der Waals surface area contributed by atoms with Crippen molar-refractivity contribution in [3.8, 4) is 5.88 Å². The van der Waals surface area contributed by atoms with Crippen LogP contribution in [0.3, 0.4) is 0 Å². The molecule has 0 atom stereocenters. The molecule has 0 aromatic carbocycles. The first-order valence-electron chi connectivity index (χ1n) is 7.56. The molecule has 1 aromatic heterocycles. The Morgan fingerprint density at radius 1 is 1.24 bits per heavy atom. The van der Waals surface area contributed by atoms with E-state index in [0.717, 1.165) is 19.3 Å². The van der Waals surface area contributed by atoms with Crippen LogP contribution in [0.15, 0.2) is 12.1 Å². The molecule has 2 N–H and O–H groups in total. The number of aromatic nitrogens is 1. The van der Waals surface area contributed by atoms with Gasteiger partial charge in [0.1, 0.15) is 5.56 Å². The summed E-state index contributed by atoms with van der Waals surface area (Å²) in [5.41, 5.74) is 1.38. The molecule has 21 heavy (non-hydrogen) atoms. The maximum Gasteiger partial charge on any atom is 0.256 e. The maximum absolute atomic E-state index is 12.4. The highest BCUT2D eigenvalue weighted by molar-refractivity contribution is 5.96. The molecule has 0 unspecified atom stereocenters. The fraction of sp³-hybridized carbons (Fsp3) is 0.647. The summed E-state index contributed by atoms with van der Waals surface area (Å²) in [6, 6.07) is 3.51. The molecule has 1 aromatic rings. The fourth-order valence-electron chi connectivity index (χ4n) is 3.93. The Hall–Kier alpha value is -1.58. The fourth-order valence-corrected chi connectivity index (χ4v) is 3.93. The van der Waals surface area contributed by atoms with Crippen LogP contribution in [-0.2, 0) is 0 Å². The van der Waals surface area contributed by atoms with E-state index in [1.54, 1.807) is 19.1 Å². The molecule has 0 saturated heterocycles.